The molecule has 2 aromatic rings. The second-order valence-electron chi connectivity index (χ2n) is 4.75. The van der Waals surface area contributed by atoms with E-state index in [9.17, 15) is 8.78 Å². The summed E-state index contributed by atoms with van der Waals surface area (Å²) in [5.74, 6) is -0.539. The Morgan fingerprint density at radius 2 is 1.58 bits per heavy atom. The molecular formula is C16H17F2N. The molecule has 0 heterocycles. The van der Waals surface area contributed by atoms with Crippen molar-refractivity contribution in [2.45, 2.75) is 20.4 Å². The topological polar surface area (TPSA) is 12.0 Å². The monoisotopic (exact) mass is 261 g/mol. The number of hydrogen-bond donors (Lipinski definition) is 1. The van der Waals surface area contributed by atoms with Crippen molar-refractivity contribution in [2.24, 2.45) is 0 Å². The van der Waals surface area contributed by atoms with Crippen molar-refractivity contribution in [3.63, 3.8) is 0 Å². The maximum absolute atomic E-state index is 13.5. The molecule has 2 rings (SSSR count). The van der Waals surface area contributed by atoms with Gasteiger partial charge in [0.05, 0.1) is 0 Å². The first-order chi connectivity index (χ1) is 9.02. The minimum Gasteiger partial charge on any atom is -0.316 e. The molecule has 0 saturated heterocycles. The molecule has 0 aliphatic heterocycles. The summed E-state index contributed by atoms with van der Waals surface area (Å²) in [5.41, 5.74) is 4.37. The van der Waals surface area contributed by atoms with Gasteiger partial charge >= 0.3 is 0 Å². The number of nitrogens with one attached hydrogen (secondary N) is 1. The molecule has 0 aliphatic carbocycles. The normalized spacial score (nSPS) is 10.8. The molecule has 0 amide bonds. The summed E-state index contributed by atoms with van der Waals surface area (Å²) >= 11 is 0. The molecule has 0 aliphatic rings. The molecule has 2 aromatic carbocycles. The van der Waals surface area contributed by atoms with Gasteiger partial charge in [-0.2, -0.15) is 0 Å². The van der Waals surface area contributed by atoms with Crippen molar-refractivity contribution < 1.29 is 8.78 Å². The highest BCUT2D eigenvalue weighted by Gasteiger charge is 2.12. The average Bonchev–Trinajstić information content (AvgIpc) is 2.31. The highest BCUT2D eigenvalue weighted by molar-refractivity contribution is 5.73. The van der Waals surface area contributed by atoms with E-state index in [2.05, 4.69) is 5.32 Å². The van der Waals surface area contributed by atoms with Crippen molar-refractivity contribution in [1.82, 2.24) is 5.32 Å². The molecule has 0 radical (unpaired) electrons. The van der Waals surface area contributed by atoms with E-state index in [0.717, 1.165) is 27.8 Å². The van der Waals surface area contributed by atoms with Gasteiger partial charge in [-0.25, -0.2) is 8.78 Å². The predicted octanol–water partition coefficient (Wildman–Crippen LogP) is 3.97. The van der Waals surface area contributed by atoms with Crippen LogP contribution in [0.4, 0.5) is 8.78 Å². The average molecular weight is 261 g/mol. The first kappa shape index (κ1) is 13.7. The fourth-order valence-corrected chi connectivity index (χ4v) is 2.46. The largest absolute Gasteiger partial charge is 0.316 e. The third-order valence-corrected chi connectivity index (χ3v) is 3.21. The lowest BCUT2D eigenvalue weighted by Gasteiger charge is -2.15. The van der Waals surface area contributed by atoms with Crippen LogP contribution in [-0.4, -0.2) is 7.05 Å². The van der Waals surface area contributed by atoms with E-state index in [-0.39, 0.29) is 11.6 Å². The van der Waals surface area contributed by atoms with E-state index in [0.29, 0.717) is 6.54 Å². The number of halogens is 2. The SMILES string of the molecule is CNCc1ccc(F)cc1-c1c(C)cc(F)cc1C. The zero-order chi connectivity index (χ0) is 14.0. The zero-order valence-electron chi connectivity index (χ0n) is 11.3. The third-order valence-electron chi connectivity index (χ3n) is 3.21. The minimum atomic E-state index is -0.280. The van der Waals surface area contributed by atoms with E-state index < -0.39 is 0 Å². The molecular weight excluding hydrogens is 244 g/mol. The Labute approximate surface area is 112 Å². The van der Waals surface area contributed by atoms with Gasteiger partial charge in [-0.3, -0.25) is 0 Å². The van der Waals surface area contributed by atoms with E-state index >= 15 is 0 Å². The van der Waals surface area contributed by atoms with Crippen LogP contribution in [0.1, 0.15) is 16.7 Å². The van der Waals surface area contributed by atoms with Gasteiger partial charge in [0.25, 0.3) is 0 Å². The molecule has 19 heavy (non-hydrogen) atoms. The Morgan fingerprint density at radius 1 is 0.947 bits per heavy atom. The summed E-state index contributed by atoms with van der Waals surface area (Å²) in [5, 5.41) is 3.07. The van der Waals surface area contributed by atoms with E-state index in [4.69, 9.17) is 0 Å². The summed E-state index contributed by atoms with van der Waals surface area (Å²) in [7, 11) is 1.84. The van der Waals surface area contributed by atoms with Gasteiger partial charge in [-0.15, -0.1) is 0 Å². The van der Waals surface area contributed by atoms with Crippen LogP contribution in [0.3, 0.4) is 0 Å². The first-order valence-corrected chi connectivity index (χ1v) is 6.23. The van der Waals surface area contributed by atoms with Gasteiger partial charge in [-0.05, 0) is 73.0 Å². The van der Waals surface area contributed by atoms with Crippen LogP contribution >= 0.6 is 0 Å². The van der Waals surface area contributed by atoms with Crippen LogP contribution in [0.25, 0.3) is 11.1 Å². The quantitative estimate of drug-likeness (QED) is 0.881. The maximum atomic E-state index is 13.5. The summed E-state index contributed by atoms with van der Waals surface area (Å²) < 4.78 is 26.9. The molecule has 0 unspecified atom stereocenters. The fourth-order valence-electron chi connectivity index (χ4n) is 2.46. The molecule has 3 heteroatoms. The van der Waals surface area contributed by atoms with Gasteiger partial charge in [0.1, 0.15) is 11.6 Å². The number of rotatable bonds is 3. The third kappa shape index (κ3) is 2.82. The first-order valence-electron chi connectivity index (χ1n) is 6.23. The van der Waals surface area contributed by atoms with E-state index in [1.165, 1.54) is 24.3 Å². The second kappa shape index (κ2) is 5.49. The minimum absolute atomic E-state index is 0.259. The molecule has 1 nitrogen and oxygen atoms in total. The molecule has 100 valence electrons. The Balaban J connectivity index is 2.67. The Hall–Kier alpha value is -1.74. The Kier molecular flexibility index (Phi) is 3.96. The summed E-state index contributed by atoms with van der Waals surface area (Å²) in [6, 6.07) is 7.69. The lowest BCUT2D eigenvalue weighted by Crippen LogP contribution is -2.07. The molecule has 0 fully saturated rings. The summed E-state index contributed by atoms with van der Waals surface area (Å²) in [6.45, 7) is 4.34. The number of benzene rings is 2. The molecule has 0 aromatic heterocycles. The second-order valence-corrected chi connectivity index (χ2v) is 4.75. The van der Waals surface area contributed by atoms with Gasteiger partial charge < -0.3 is 5.32 Å². The van der Waals surface area contributed by atoms with Crippen molar-refractivity contribution in [2.75, 3.05) is 7.05 Å². The van der Waals surface area contributed by atoms with Gasteiger partial charge in [-0.1, -0.05) is 6.07 Å². The number of hydrogen-bond acceptors (Lipinski definition) is 1. The summed E-state index contributed by atoms with van der Waals surface area (Å²) in [6.07, 6.45) is 0. The Morgan fingerprint density at radius 3 is 2.16 bits per heavy atom. The lowest BCUT2D eigenvalue weighted by molar-refractivity contribution is 0.625. The zero-order valence-corrected chi connectivity index (χ0v) is 11.3. The van der Waals surface area contributed by atoms with Crippen molar-refractivity contribution >= 4 is 0 Å². The van der Waals surface area contributed by atoms with E-state index in [1.54, 1.807) is 6.07 Å². The standard InChI is InChI=1S/C16H17F2N/c1-10-6-14(18)7-11(2)16(10)15-8-13(17)5-4-12(15)9-19-3/h4-8,19H,9H2,1-3H3. The van der Waals surface area contributed by atoms with Crippen LogP contribution in [0.15, 0.2) is 30.3 Å². The van der Waals surface area contributed by atoms with Crippen LogP contribution in [-0.2, 0) is 6.54 Å². The van der Waals surface area contributed by atoms with Crippen LogP contribution < -0.4 is 5.32 Å². The van der Waals surface area contributed by atoms with E-state index in [1.807, 2.05) is 20.9 Å². The highest BCUT2D eigenvalue weighted by atomic mass is 19.1. The number of aryl methyl sites for hydroxylation is 2. The van der Waals surface area contributed by atoms with Gasteiger partial charge in [0.15, 0.2) is 0 Å². The van der Waals surface area contributed by atoms with Gasteiger partial charge in [0, 0.05) is 6.54 Å². The highest BCUT2D eigenvalue weighted by Crippen LogP contribution is 2.31. The van der Waals surface area contributed by atoms with Crippen LogP contribution in [0.2, 0.25) is 0 Å². The van der Waals surface area contributed by atoms with Crippen LogP contribution in [0, 0.1) is 25.5 Å². The fraction of sp³-hybridized carbons (Fsp3) is 0.250. The summed E-state index contributed by atoms with van der Waals surface area (Å²) in [4.78, 5) is 0. The molecule has 0 bridgehead atoms. The predicted molar refractivity (Wildman–Crippen MR) is 74.0 cm³/mol. The lowest BCUT2D eigenvalue weighted by atomic mass is 9.92. The van der Waals surface area contributed by atoms with Crippen LogP contribution in [0.5, 0.6) is 0 Å². The maximum Gasteiger partial charge on any atom is 0.123 e. The smallest absolute Gasteiger partial charge is 0.123 e. The van der Waals surface area contributed by atoms with Crippen molar-refractivity contribution in [1.29, 1.82) is 0 Å². The molecule has 1 N–H and O–H groups in total. The Bertz CT molecular complexity index is 583. The molecule has 0 atom stereocenters. The van der Waals surface area contributed by atoms with Gasteiger partial charge in [0.2, 0.25) is 0 Å². The van der Waals surface area contributed by atoms with Crippen molar-refractivity contribution in [3.8, 4) is 11.1 Å². The van der Waals surface area contributed by atoms with Crippen molar-refractivity contribution in [3.05, 3.63) is 58.7 Å². The molecule has 0 spiro atoms. The molecule has 0 saturated carbocycles.